The number of nitrogens with one attached hydrogen (secondary N) is 1. The molecule has 0 fully saturated rings. The fourth-order valence-corrected chi connectivity index (χ4v) is 3.53. The fourth-order valence-electron chi connectivity index (χ4n) is 2.59. The van der Waals surface area contributed by atoms with E-state index in [9.17, 15) is 14.9 Å². The number of amides is 1. The first-order chi connectivity index (χ1) is 14.3. The number of hydrogen-bond acceptors (Lipinski definition) is 8. The molecule has 0 atom stereocenters. The topological polar surface area (TPSA) is 113 Å². The van der Waals surface area contributed by atoms with Crippen LogP contribution in [0.3, 0.4) is 0 Å². The lowest BCUT2D eigenvalue weighted by atomic mass is 10.1. The van der Waals surface area contributed by atoms with Crippen LogP contribution in [0.5, 0.6) is 17.2 Å². The lowest BCUT2D eigenvalue weighted by Crippen LogP contribution is -2.24. The maximum Gasteiger partial charge on any atom is 0.273 e. The molecule has 1 amide bonds. The van der Waals surface area contributed by atoms with Gasteiger partial charge >= 0.3 is 0 Å². The number of aromatic nitrogens is 1. The van der Waals surface area contributed by atoms with E-state index in [4.69, 9.17) is 14.3 Å². The van der Waals surface area contributed by atoms with Crippen LogP contribution in [0.15, 0.2) is 36.5 Å². The van der Waals surface area contributed by atoms with Crippen molar-refractivity contribution in [2.24, 2.45) is 0 Å². The van der Waals surface area contributed by atoms with E-state index in [1.807, 2.05) is 0 Å². The minimum atomic E-state index is -0.777. The molecule has 11 heteroatoms. The largest absolute Gasteiger partial charge is 0.496 e. The van der Waals surface area contributed by atoms with E-state index in [1.165, 1.54) is 51.6 Å². The maximum absolute atomic E-state index is 15.1. The van der Waals surface area contributed by atoms with Crippen LogP contribution in [0.4, 0.5) is 10.1 Å². The van der Waals surface area contributed by atoms with Crippen molar-refractivity contribution in [1.29, 1.82) is 0 Å². The van der Waals surface area contributed by atoms with Gasteiger partial charge in [-0.15, -0.1) is 11.3 Å². The molecule has 0 radical (unpaired) electrons. The summed E-state index contributed by atoms with van der Waals surface area (Å²) in [5.41, 5.74) is 2.45. The van der Waals surface area contributed by atoms with Gasteiger partial charge in [-0.1, -0.05) is 0 Å². The Labute approximate surface area is 174 Å². The summed E-state index contributed by atoms with van der Waals surface area (Å²) in [4.78, 5) is 31.5. The average Bonchev–Trinajstić information content (AvgIpc) is 3.21. The lowest BCUT2D eigenvalue weighted by molar-refractivity contribution is -0.384. The SMILES string of the molecule is COc1cc(-c2cnc(-c3c(OC)ccc(ONC(C)=O)c3F)s2)cc([N+](=O)[O-])c1. The summed E-state index contributed by atoms with van der Waals surface area (Å²) in [5.74, 6) is -0.970. The molecule has 0 aliphatic carbocycles. The van der Waals surface area contributed by atoms with Crippen molar-refractivity contribution in [1.82, 2.24) is 10.5 Å². The van der Waals surface area contributed by atoms with E-state index in [-0.39, 0.29) is 27.8 Å². The highest BCUT2D eigenvalue weighted by Crippen LogP contribution is 2.42. The number of thiazole rings is 1. The summed E-state index contributed by atoms with van der Waals surface area (Å²) in [6, 6.07) is 7.09. The molecule has 9 nitrogen and oxygen atoms in total. The van der Waals surface area contributed by atoms with Gasteiger partial charge in [0.1, 0.15) is 16.5 Å². The van der Waals surface area contributed by atoms with Crippen LogP contribution in [-0.2, 0) is 4.79 Å². The van der Waals surface area contributed by atoms with E-state index in [1.54, 1.807) is 6.07 Å². The molecule has 1 N–H and O–H groups in total. The highest BCUT2D eigenvalue weighted by atomic mass is 32.1. The van der Waals surface area contributed by atoms with Gasteiger partial charge in [-0.25, -0.2) is 9.37 Å². The van der Waals surface area contributed by atoms with Crippen LogP contribution >= 0.6 is 11.3 Å². The molecule has 2 aromatic carbocycles. The Morgan fingerprint density at radius 1 is 1.20 bits per heavy atom. The van der Waals surface area contributed by atoms with Crippen molar-refractivity contribution in [3.63, 3.8) is 0 Å². The van der Waals surface area contributed by atoms with Crippen molar-refractivity contribution < 1.29 is 28.4 Å². The van der Waals surface area contributed by atoms with Crippen LogP contribution in [0.1, 0.15) is 6.92 Å². The number of halogens is 1. The summed E-state index contributed by atoms with van der Waals surface area (Å²) >= 11 is 1.10. The van der Waals surface area contributed by atoms with Crippen molar-refractivity contribution in [3.05, 3.63) is 52.5 Å². The van der Waals surface area contributed by atoms with E-state index >= 15 is 4.39 Å². The molecule has 0 aliphatic rings. The molecule has 0 saturated carbocycles. The highest BCUT2D eigenvalue weighted by molar-refractivity contribution is 7.18. The summed E-state index contributed by atoms with van der Waals surface area (Å²) in [6.45, 7) is 1.22. The summed E-state index contributed by atoms with van der Waals surface area (Å²) in [6.07, 6.45) is 1.47. The van der Waals surface area contributed by atoms with Gasteiger partial charge in [-0.3, -0.25) is 14.9 Å². The molecule has 156 valence electrons. The predicted octanol–water partition coefficient (Wildman–Crippen LogP) is 3.97. The quantitative estimate of drug-likeness (QED) is 0.443. The first kappa shape index (κ1) is 21.0. The predicted molar refractivity (Wildman–Crippen MR) is 107 cm³/mol. The standard InChI is InChI=1S/C19H16FN3O6S/c1-10(24)22-29-15-5-4-14(28-3)17(18(15)20)19-21-9-16(30-19)11-6-12(23(25)26)8-13(7-11)27-2/h4-9H,1-3H3,(H,22,24). The van der Waals surface area contributed by atoms with Crippen molar-refractivity contribution >= 4 is 22.9 Å². The van der Waals surface area contributed by atoms with Crippen LogP contribution in [0.25, 0.3) is 21.0 Å². The number of nitro groups is 1. The molecule has 1 heterocycles. The second-order valence-corrected chi connectivity index (χ2v) is 6.95. The third-order valence-electron chi connectivity index (χ3n) is 3.93. The van der Waals surface area contributed by atoms with Gasteiger partial charge < -0.3 is 14.3 Å². The van der Waals surface area contributed by atoms with Crippen LogP contribution in [0, 0.1) is 15.9 Å². The molecule has 0 saturated heterocycles. The van der Waals surface area contributed by atoms with Gasteiger partial charge in [-0.2, -0.15) is 5.48 Å². The normalized spacial score (nSPS) is 10.4. The zero-order valence-corrected chi connectivity index (χ0v) is 16.9. The van der Waals surface area contributed by atoms with Crippen LogP contribution in [0.2, 0.25) is 0 Å². The molecule has 0 unspecified atom stereocenters. The smallest absolute Gasteiger partial charge is 0.273 e. The number of nitro benzene ring substituents is 1. The maximum atomic E-state index is 15.1. The van der Waals surface area contributed by atoms with E-state index in [0.717, 1.165) is 11.3 Å². The third kappa shape index (κ3) is 4.30. The van der Waals surface area contributed by atoms with Gasteiger partial charge in [0.2, 0.25) is 5.91 Å². The van der Waals surface area contributed by atoms with E-state index in [0.29, 0.717) is 16.2 Å². The first-order valence-corrected chi connectivity index (χ1v) is 9.25. The Morgan fingerprint density at radius 3 is 2.57 bits per heavy atom. The third-order valence-corrected chi connectivity index (χ3v) is 5.00. The summed E-state index contributed by atoms with van der Waals surface area (Å²) in [7, 11) is 2.79. The molecule has 0 spiro atoms. The fraction of sp³-hybridized carbons (Fsp3) is 0.158. The van der Waals surface area contributed by atoms with E-state index in [2.05, 4.69) is 10.5 Å². The Kier molecular flexibility index (Phi) is 6.11. The Balaban J connectivity index is 2.06. The van der Waals surface area contributed by atoms with Crippen LogP contribution < -0.4 is 19.8 Å². The summed E-state index contributed by atoms with van der Waals surface area (Å²) in [5, 5.41) is 11.4. The molecule has 1 aromatic heterocycles. The number of methoxy groups -OCH3 is 2. The number of hydroxylamine groups is 1. The molecule has 3 aromatic rings. The number of carbonyl (C=O) groups excluding carboxylic acids is 1. The average molecular weight is 433 g/mol. The number of ether oxygens (including phenoxy) is 2. The van der Waals surface area contributed by atoms with Gasteiger partial charge in [0, 0.05) is 24.8 Å². The van der Waals surface area contributed by atoms with Crippen LogP contribution in [-0.4, -0.2) is 30.0 Å². The molecule has 0 aliphatic heterocycles. The minimum Gasteiger partial charge on any atom is -0.496 e. The first-order valence-electron chi connectivity index (χ1n) is 8.44. The number of benzene rings is 2. The monoisotopic (exact) mass is 433 g/mol. The number of carbonyl (C=O) groups is 1. The molecule has 0 bridgehead atoms. The number of non-ortho nitro benzene ring substituents is 1. The number of hydrogen-bond donors (Lipinski definition) is 1. The van der Waals surface area contributed by atoms with Gasteiger partial charge in [0.15, 0.2) is 11.6 Å². The number of rotatable bonds is 7. The van der Waals surface area contributed by atoms with Gasteiger partial charge in [0.05, 0.1) is 35.6 Å². The minimum absolute atomic E-state index is 0.0361. The number of nitrogens with zero attached hydrogens (tertiary/aromatic N) is 2. The second-order valence-electron chi connectivity index (χ2n) is 5.92. The van der Waals surface area contributed by atoms with Gasteiger partial charge in [0.25, 0.3) is 5.69 Å². The zero-order valence-electron chi connectivity index (χ0n) is 16.1. The zero-order chi connectivity index (χ0) is 21.8. The van der Waals surface area contributed by atoms with Crippen molar-refractivity contribution in [3.8, 4) is 38.3 Å². The summed E-state index contributed by atoms with van der Waals surface area (Å²) < 4.78 is 25.4. The van der Waals surface area contributed by atoms with E-state index < -0.39 is 16.6 Å². The molecule has 3 rings (SSSR count). The molecular weight excluding hydrogens is 417 g/mol. The molecule has 30 heavy (non-hydrogen) atoms. The van der Waals surface area contributed by atoms with Crippen molar-refractivity contribution in [2.75, 3.05) is 14.2 Å². The Morgan fingerprint density at radius 2 is 1.93 bits per heavy atom. The van der Waals surface area contributed by atoms with Crippen molar-refractivity contribution in [2.45, 2.75) is 6.92 Å². The lowest BCUT2D eigenvalue weighted by Gasteiger charge is -2.11. The Hall–Kier alpha value is -3.73. The van der Waals surface area contributed by atoms with Gasteiger partial charge in [-0.05, 0) is 18.2 Å². The highest BCUT2D eigenvalue weighted by Gasteiger charge is 2.22. The molecular formula is C19H16FN3O6S. The second kappa shape index (κ2) is 8.74. The Bertz CT molecular complexity index is 1120.